The van der Waals surface area contributed by atoms with E-state index in [0.717, 1.165) is 0 Å². The van der Waals surface area contributed by atoms with Gasteiger partial charge in [0.1, 0.15) is 5.84 Å². The first-order chi connectivity index (χ1) is 10.4. The lowest BCUT2D eigenvalue weighted by Gasteiger charge is -1.99. The second kappa shape index (κ2) is 7.42. The number of nitrogens with two attached hydrogens (primary N) is 4. The van der Waals surface area contributed by atoms with E-state index in [1.54, 1.807) is 5.38 Å². The van der Waals surface area contributed by atoms with E-state index < -0.39 is 28.1 Å². The van der Waals surface area contributed by atoms with Gasteiger partial charge in [-0.15, -0.1) is 15.7 Å². The molecule has 0 saturated carbocycles. The minimum atomic E-state index is -4.29. The zero-order chi connectivity index (χ0) is 17.8. The van der Waals surface area contributed by atoms with Crippen LogP contribution < -0.4 is 22.3 Å². The molecule has 1 rings (SSSR count). The van der Waals surface area contributed by atoms with Crippen LogP contribution in [-0.2, 0) is 16.0 Å². The maximum atomic E-state index is 10.8. The molecule has 0 saturated heterocycles. The van der Waals surface area contributed by atoms with Crippen LogP contribution in [0.15, 0.2) is 14.8 Å². The molecule has 0 amide bonds. The number of thiazole rings is 1. The van der Waals surface area contributed by atoms with Gasteiger partial charge in [-0.05, 0) is 0 Å². The Kier molecular flexibility index (Phi) is 4.59. The van der Waals surface area contributed by atoms with Crippen LogP contribution in [0.4, 0.5) is 5.13 Å². The predicted octanol–water partition coefficient (Wildman–Crippen LogP) is -0.768. The van der Waals surface area contributed by atoms with Crippen LogP contribution in [0.1, 0.15) is 16.2 Å². The van der Waals surface area contributed by atoms with Gasteiger partial charge >= 0.3 is 10.2 Å². The largest absolute Gasteiger partial charge is 0.386 e. The van der Waals surface area contributed by atoms with Gasteiger partial charge in [-0.1, -0.05) is 0 Å². The minimum Gasteiger partial charge on any atom is -0.386 e. The monoisotopic (exact) mass is 341 g/mol. The van der Waals surface area contributed by atoms with E-state index in [2.05, 4.69) is 19.5 Å². The molecule has 1 aromatic rings. The first kappa shape index (κ1) is 12.4. The number of aromatic nitrogens is 1. The van der Waals surface area contributed by atoms with Crippen LogP contribution in [-0.4, -0.2) is 30.9 Å². The number of hydrogen-bond acceptors (Lipinski definition) is 6. The van der Waals surface area contributed by atoms with E-state index >= 15 is 0 Å². The third kappa shape index (κ3) is 7.28. The Labute approximate surface area is 129 Å². The molecular formula is C8H15N7O2S3. The van der Waals surface area contributed by atoms with Gasteiger partial charge in [-0.3, -0.25) is 0 Å². The molecule has 9 nitrogen and oxygen atoms in total. The highest BCUT2D eigenvalue weighted by Gasteiger charge is 2.04. The first-order valence-electron chi connectivity index (χ1n) is 6.47. The van der Waals surface area contributed by atoms with Crippen LogP contribution >= 0.6 is 23.1 Å². The minimum absolute atomic E-state index is 0.0987. The van der Waals surface area contributed by atoms with E-state index in [1.165, 1.54) is 11.3 Å². The van der Waals surface area contributed by atoms with Crippen molar-refractivity contribution in [3.63, 3.8) is 0 Å². The first-order valence-corrected chi connectivity index (χ1v) is 8.26. The number of hydrogen-bond donors (Lipinski definition) is 4. The zero-order valence-electron chi connectivity index (χ0n) is 13.1. The Morgan fingerprint density at radius 2 is 2.20 bits per heavy atom. The van der Waals surface area contributed by atoms with Crippen molar-refractivity contribution in [1.82, 2.24) is 4.98 Å². The molecule has 0 fully saturated rings. The summed E-state index contributed by atoms with van der Waals surface area (Å²) in [6, 6.07) is 0. The van der Waals surface area contributed by atoms with E-state index in [9.17, 15) is 8.42 Å². The van der Waals surface area contributed by atoms with Crippen LogP contribution in [0.2, 0.25) is 0 Å². The highest BCUT2D eigenvalue weighted by Crippen LogP contribution is 2.21. The van der Waals surface area contributed by atoms with Gasteiger partial charge in [0.05, 0.1) is 5.69 Å². The Morgan fingerprint density at radius 3 is 2.80 bits per heavy atom. The molecule has 1 atom stereocenters. The lowest BCUT2D eigenvalue weighted by Crippen LogP contribution is -2.21. The quantitative estimate of drug-likeness (QED) is 0.286. The van der Waals surface area contributed by atoms with Crippen LogP contribution in [0.25, 0.3) is 0 Å². The summed E-state index contributed by atoms with van der Waals surface area (Å²) in [4.78, 5) is 7.81. The third-order valence-corrected chi connectivity index (χ3v) is 3.48. The topological polar surface area (TPSA) is 176 Å². The number of nitrogens with zero attached hydrogens (tertiary/aromatic N) is 3. The summed E-state index contributed by atoms with van der Waals surface area (Å²) in [6.45, 7) is 0. The molecule has 0 aliphatic rings. The van der Waals surface area contributed by atoms with E-state index in [1.807, 2.05) is 0 Å². The maximum Gasteiger partial charge on any atom is 0.318 e. The van der Waals surface area contributed by atoms with Crippen molar-refractivity contribution >= 4 is 50.2 Å². The third-order valence-electron chi connectivity index (χ3n) is 1.51. The molecular weight excluding hydrogens is 323 g/mol. The summed E-state index contributed by atoms with van der Waals surface area (Å²) in [5.74, 6) is -0.779. The van der Waals surface area contributed by atoms with Crippen molar-refractivity contribution < 1.29 is 12.5 Å². The molecule has 8 N–H and O–H groups in total. The van der Waals surface area contributed by atoms with Gasteiger partial charge in [-0.2, -0.15) is 25.2 Å². The second-order valence-electron chi connectivity index (χ2n) is 3.24. The number of amidine groups is 1. The summed E-state index contributed by atoms with van der Waals surface area (Å²) in [7, 11) is -4.29. The maximum absolute atomic E-state index is 10.8. The lowest BCUT2D eigenvalue weighted by molar-refractivity contribution is 0.599. The average Bonchev–Trinajstić information content (AvgIpc) is 2.80. The summed E-state index contributed by atoms with van der Waals surface area (Å²) < 4.78 is 47.8. The fourth-order valence-corrected chi connectivity index (χ4v) is 2.66. The van der Waals surface area contributed by atoms with E-state index in [-0.39, 0.29) is 11.7 Å². The number of rotatable bonds is 7. The predicted molar refractivity (Wildman–Crippen MR) is 83.1 cm³/mol. The number of guanidine groups is 1. The second-order valence-corrected chi connectivity index (χ2v) is 6.10. The molecule has 12 heteroatoms. The number of thioether (sulfide) groups is 1. The van der Waals surface area contributed by atoms with E-state index in [4.69, 9.17) is 21.3 Å². The molecule has 0 spiro atoms. The molecule has 112 valence electrons. The Bertz CT molecular complexity index is 714. The highest BCUT2D eigenvalue weighted by atomic mass is 32.2. The zero-order valence-corrected chi connectivity index (χ0v) is 12.5. The van der Waals surface area contributed by atoms with Crippen molar-refractivity contribution in [3.8, 4) is 0 Å². The highest BCUT2D eigenvalue weighted by molar-refractivity contribution is 7.98. The summed E-state index contributed by atoms with van der Waals surface area (Å²) in [6.07, 6.45) is -1.72. The van der Waals surface area contributed by atoms with Gasteiger partial charge in [0.2, 0.25) is 5.13 Å². The molecule has 0 radical (unpaired) electrons. The van der Waals surface area contributed by atoms with Crippen LogP contribution in [0, 0.1) is 0 Å². The fraction of sp³-hybridized carbons (Fsp3) is 0.375. The molecule has 1 heterocycles. The fourth-order valence-electron chi connectivity index (χ4n) is 0.915. The van der Waals surface area contributed by atoms with Crippen molar-refractivity contribution in [2.24, 2.45) is 31.7 Å². The number of aliphatic imine (C=N–C) groups is 1. The van der Waals surface area contributed by atoms with Gasteiger partial charge in [0, 0.05) is 27.3 Å². The van der Waals surface area contributed by atoms with Crippen molar-refractivity contribution in [1.29, 1.82) is 0 Å². The van der Waals surface area contributed by atoms with Gasteiger partial charge in [0.25, 0.3) is 0 Å². The molecule has 0 aromatic carbocycles. The van der Waals surface area contributed by atoms with Crippen molar-refractivity contribution in [2.75, 3.05) is 5.70 Å². The summed E-state index contributed by atoms with van der Waals surface area (Å²) in [5.41, 5.74) is 14.0. The average molecular weight is 341 g/mol. The molecule has 1 unspecified atom stereocenters. The summed E-state index contributed by atoms with van der Waals surface area (Å²) in [5, 5.41) is 6.62. The van der Waals surface area contributed by atoms with Crippen molar-refractivity contribution in [2.45, 2.75) is 12.1 Å². The molecule has 0 aliphatic carbocycles. The molecule has 1 aromatic heterocycles. The van der Waals surface area contributed by atoms with Crippen LogP contribution in [0.5, 0.6) is 0 Å². The Hall–Kier alpha value is -1.37. The van der Waals surface area contributed by atoms with E-state index in [0.29, 0.717) is 22.6 Å². The Morgan fingerprint density at radius 1 is 1.50 bits per heavy atom. The van der Waals surface area contributed by atoms with Gasteiger partial charge in [0.15, 0.2) is 5.96 Å². The van der Waals surface area contributed by atoms with Crippen molar-refractivity contribution in [3.05, 3.63) is 11.1 Å². The molecule has 20 heavy (non-hydrogen) atoms. The van der Waals surface area contributed by atoms with Crippen LogP contribution in [0.3, 0.4) is 0 Å². The van der Waals surface area contributed by atoms with Gasteiger partial charge in [-0.25, -0.2) is 10.1 Å². The smallest absolute Gasteiger partial charge is 0.318 e. The standard InChI is InChI=1S/C8H15N7O2S3/c9-6(15-20(12,16)17)1-2-18-3-5-4-19-8(13-5)14-7(10)11/h4H,1-3H2,(H2,9,15)(H2,12,16,17)(H4,10,11,13,14)/i1D,2D2,6+1. The Balaban J connectivity index is 2.77. The normalized spacial score (nSPS) is 16.9. The lowest BCUT2D eigenvalue weighted by atomic mass is 10.6. The molecule has 0 aliphatic heterocycles. The summed E-state index contributed by atoms with van der Waals surface area (Å²) >= 11 is 1.87. The molecule has 0 bridgehead atoms. The SMILES string of the molecule is [2H]C(/[13C](N)=N/S(N)(=O)=O)C([2H])([2H])SCc1csc(N=C(N)N)n1. The van der Waals surface area contributed by atoms with Gasteiger partial charge < -0.3 is 17.2 Å².